The predicted molar refractivity (Wildman–Crippen MR) is 116 cm³/mol. The number of hydrogen-bond acceptors (Lipinski definition) is 5. The number of phenolic OH excluding ortho intramolecular Hbond substituents is 2. The Kier molecular flexibility index (Phi) is 5.22. The van der Waals surface area contributed by atoms with E-state index < -0.39 is 0 Å². The molecule has 7 nitrogen and oxygen atoms in total. The maximum Gasteiger partial charge on any atom is 0.261 e. The summed E-state index contributed by atoms with van der Waals surface area (Å²) in [5, 5.41) is 20.2. The van der Waals surface area contributed by atoms with E-state index in [-0.39, 0.29) is 40.4 Å². The molecule has 4 heterocycles. The van der Waals surface area contributed by atoms with E-state index >= 15 is 0 Å². The van der Waals surface area contributed by atoms with Gasteiger partial charge in [-0.2, -0.15) is 0 Å². The number of fused-ring (bicyclic) bond motifs is 4. The van der Waals surface area contributed by atoms with Crippen LogP contribution in [0.15, 0.2) is 35.1 Å². The van der Waals surface area contributed by atoms with Crippen LogP contribution >= 0.6 is 0 Å². The first-order chi connectivity index (χ1) is 15.0. The highest BCUT2D eigenvalue weighted by Gasteiger charge is 2.38. The molecule has 2 aromatic rings. The number of aromatic nitrogens is 1. The van der Waals surface area contributed by atoms with Crippen molar-refractivity contribution in [3.63, 3.8) is 0 Å². The molecule has 5 rings (SSSR count). The van der Waals surface area contributed by atoms with Crippen LogP contribution in [0, 0.1) is 5.92 Å². The van der Waals surface area contributed by atoms with Gasteiger partial charge in [0.15, 0.2) is 0 Å². The van der Waals surface area contributed by atoms with E-state index in [1.807, 2.05) is 10.6 Å². The molecular formula is C24H29N3O4. The number of pyridine rings is 1. The number of amides is 1. The SMILES string of the molecule is O=C(c1c(O)cccc1O)N1C[C@@H]2C[C@H](C1)c1ccc(CN3CCCCC3)c(=O)n1C2. The van der Waals surface area contributed by atoms with Gasteiger partial charge in [-0.25, -0.2) is 0 Å². The van der Waals surface area contributed by atoms with E-state index in [1.165, 1.54) is 37.5 Å². The summed E-state index contributed by atoms with van der Waals surface area (Å²) in [5.74, 6) is -0.505. The molecular weight excluding hydrogens is 394 g/mol. The normalized spacial score (nSPS) is 23.4. The number of aromatic hydroxyl groups is 2. The minimum Gasteiger partial charge on any atom is -0.507 e. The van der Waals surface area contributed by atoms with Gasteiger partial charge in [0.25, 0.3) is 11.5 Å². The van der Waals surface area contributed by atoms with Crippen molar-refractivity contribution in [3.8, 4) is 11.5 Å². The number of rotatable bonds is 3. The topological polar surface area (TPSA) is 86.0 Å². The monoisotopic (exact) mass is 423 g/mol. The van der Waals surface area contributed by atoms with Gasteiger partial charge in [-0.3, -0.25) is 14.5 Å². The molecule has 0 spiro atoms. The molecule has 2 N–H and O–H groups in total. The van der Waals surface area contributed by atoms with Crippen LogP contribution in [0.5, 0.6) is 11.5 Å². The number of benzene rings is 1. The molecule has 0 saturated carbocycles. The number of carbonyl (C=O) groups is 1. The summed E-state index contributed by atoms with van der Waals surface area (Å²) in [6.07, 6.45) is 4.62. The van der Waals surface area contributed by atoms with E-state index in [0.717, 1.165) is 30.8 Å². The molecule has 2 bridgehead atoms. The lowest BCUT2D eigenvalue weighted by molar-refractivity contribution is 0.0588. The summed E-state index contributed by atoms with van der Waals surface area (Å²) in [7, 11) is 0. The lowest BCUT2D eigenvalue weighted by Gasteiger charge is -2.43. The summed E-state index contributed by atoms with van der Waals surface area (Å²) in [6, 6.07) is 8.37. The Hall–Kier alpha value is -2.80. The molecule has 0 aliphatic carbocycles. The van der Waals surface area contributed by atoms with E-state index in [4.69, 9.17) is 0 Å². The Morgan fingerprint density at radius 3 is 2.45 bits per heavy atom. The largest absolute Gasteiger partial charge is 0.507 e. The molecule has 0 unspecified atom stereocenters. The van der Waals surface area contributed by atoms with Gasteiger partial charge >= 0.3 is 0 Å². The number of likely N-dealkylation sites (tertiary alicyclic amines) is 2. The Morgan fingerprint density at radius 1 is 0.968 bits per heavy atom. The van der Waals surface area contributed by atoms with E-state index in [9.17, 15) is 19.8 Å². The minimum atomic E-state index is -0.359. The first-order valence-electron chi connectivity index (χ1n) is 11.3. The molecule has 164 valence electrons. The maximum absolute atomic E-state index is 13.2. The molecule has 0 radical (unpaired) electrons. The zero-order valence-electron chi connectivity index (χ0n) is 17.7. The lowest BCUT2D eigenvalue weighted by Crippen LogP contribution is -2.49. The fourth-order valence-corrected chi connectivity index (χ4v) is 5.54. The highest BCUT2D eigenvalue weighted by Crippen LogP contribution is 2.37. The smallest absolute Gasteiger partial charge is 0.261 e. The molecule has 2 atom stereocenters. The number of phenols is 2. The molecule has 1 amide bonds. The molecule has 2 saturated heterocycles. The van der Waals surface area contributed by atoms with Gasteiger partial charge in [-0.1, -0.05) is 18.6 Å². The Morgan fingerprint density at radius 2 is 1.71 bits per heavy atom. The Labute approximate surface area is 181 Å². The molecule has 3 aliphatic rings. The van der Waals surface area contributed by atoms with Crippen LogP contribution in [0.2, 0.25) is 0 Å². The average Bonchev–Trinajstić information content (AvgIpc) is 2.76. The quantitative estimate of drug-likeness (QED) is 0.792. The third-order valence-corrected chi connectivity index (χ3v) is 7.05. The van der Waals surface area contributed by atoms with Crippen molar-refractivity contribution in [2.24, 2.45) is 5.92 Å². The van der Waals surface area contributed by atoms with Crippen LogP contribution in [-0.4, -0.2) is 56.7 Å². The van der Waals surface area contributed by atoms with Crippen LogP contribution in [0.4, 0.5) is 0 Å². The molecule has 1 aromatic heterocycles. The first kappa shape index (κ1) is 20.1. The molecule has 1 aromatic carbocycles. The molecule has 7 heteroatoms. The van der Waals surface area contributed by atoms with Crippen molar-refractivity contribution in [1.29, 1.82) is 0 Å². The molecule has 2 fully saturated rings. The third kappa shape index (κ3) is 3.71. The maximum atomic E-state index is 13.2. The van der Waals surface area contributed by atoms with Crippen molar-refractivity contribution in [1.82, 2.24) is 14.4 Å². The third-order valence-electron chi connectivity index (χ3n) is 7.05. The van der Waals surface area contributed by atoms with Gasteiger partial charge in [0, 0.05) is 43.4 Å². The highest BCUT2D eigenvalue weighted by molar-refractivity contribution is 5.99. The van der Waals surface area contributed by atoms with Crippen molar-refractivity contribution in [3.05, 3.63) is 57.5 Å². The van der Waals surface area contributed by atoms with Crippen LogP contribution in [-0.2, 0) is 13.1 Å². The lowest BCUT2D eigenvalue weighted by atomic mass is 9.82. The number of piperidine rings is 2. The fourth-order valence-electron chi connectivity index (χ4n) is 5.54. The van der Waals surface area contributed by atoms with E-state index in [0.29, 0.717) is 26.2 Å². The van der Waals surface area contributed by atoms with Crippen molar-refractivity contribution in [2.75, 3.05) is 26.2 Å². The molecule has 3 aliphatic heterocycles. The first-order valence-corrected chi connectivity index (χ1v) is 11.3. The Bertz CT molecular complexity index is 1040. The fraction of sp³-hybridized carbons (Fsp3) is 0.500. The van der Waals surface area contributed by atoms with Crippen LogP contribution in [0.1, 0.15) is 53.2 Å². The average molecular weight is 424 g/mol. The number of hydrogen-bond donors (Lipinski definition) is 2. The summed E-state index contributed by atoms with van der Waals surface area (Å²) in [4.78, 5) is 30.4. The van der Waals surface area contributed by atoms with Crippen molar-refractivity contribution in [2.45, 2.75) is 44.7 Å². The van der Waals surface area contributed by atoms with Gasteiger partial charge in [-0.15, -0.1) is 0 Å². The minimum absolute atomic E-state index is 0.0447. The Balaban J connectivity index is 1.39. The predicted octanol–water partition coefficient (Wildman–Crippen LogP) is 2.50. The van der Waals surface area contributed by atoms with Gasteiger partial charge in [0.2, 0.25) is 0 Å². The van der Waals surface area contributed by atoms with Crippen molar-refractivity contribution >= 4 is 5.91 Å². The highest BCUT2D eigenvalue weighted by atomic mass is 16.3. The van der Waals surface area contributed by atoms with Crippen LogP contribution in [0.25, 0.3) is 0 Å². The second-order valence-corrected chi connectivity index (χ2v) is 9.22. The van der Waals surface area contributed by atoms with Crippen LogP contribution < -0.4 is 5.56 Å². The summed E-state index contributed by atoms with van der Waals surface area (Å²) in [6.45, 7) is 4.44. The summed E-state index contributed by atoms with van der Waals surface area (Å²) in [5.41, 5.74) is 1.91. The summed E-state index contributed by atoms with van der Waals surface area (Å²) >= 11 is 0. The van der Waals surface area contributed by atoms with E-state index in [2.05, 4.69) is 11.0 Å². The number of carbonyl (C=O) groups excluding carboxylic acids is 1. The zero-order valence-corrected chi connectivity index (χ0v) is 17.7. The van der Waals surface area contributed by atoms with Gasteiger partial charge in [0.1, 0.15) is 17.1 Å². The van der Waals surface area contributed by atoms with Gasteiger partial charge in [0.05, 0.1) is 0 Å². The van der Waals surface area contributed by atoms with Gasteiger partial charge < -0.3 is 19.7 Å². The second kappa shape index (κ2) is 8.04. The standard InChI is InChI=1S/C24H29N3O4/c28-20-5-4-6-21(29)22(20)24(31)26-12-16-11-18(15-26)19-8-7-17(23(30)27(19)13-16)14-25-9-2-1-3-10-25/h4-8,16,18,28-29H,1-3,9-15H2/t16-,18+/m0/s1. The van der Waals surface area contributed by atoms with E-state index in [1.54, 1.807) is 4.90 Å². The zero-order chi connectivity index (χ0) is 21.5. The van der Waals surface area contributed by atoms with Gasteiger partial charge in [-0.05, 0) is 56.5 Å². The van der Waals surface area contributed by atoms with Crippen LogP contribution in [0.3, 0.4) is 0 Å². The number of nitrogens with zero attached hydrogens (tertiary/aromatic N) is 3. The summed E-state index contributed by atoms with van der Waals surface area (Å²) < 4.78 is 1.93. The second-order valence-electron chi connectivity index (χ2n) is 9.22. The van der Waals surface area contributed by atoms with Crippen molar-refractivity contribution < 1.29 is 15.0 Å². The molecule has 31 heavy (non-hydrogen) atoms.